The van der Waals surface area contributed by atoms with Crippen molar-refractivity contribution >= 4 is 5.91 Å². The van der Waals surface area contributed by atoms with Crippen LogP contribution in [0.25, 0.3) is 0 Å². The quantitative estimate of drug-likeness (QED) is 0.0213. The van der Waals surface area contributed by atoms with E-state index in [1.165, 1.54) is 148 Å². The van der Waals surface area contributed by atoms with Gasteiger partial charge in [0.2, 0.25) is 5.91 Å². The SMILES string of the molecule is CCCCCCC/C=C\CCCCCCCC(=O)NC(COC1OC(CO)C(OC2OC(CO)C(OC3OC(CO)C(O)C(O)C3O)C(O)C2O)C(O)C1O)C(O)/C=C/CCCCCCCCCCCCCCCCCCCCCCC. The molecule has 0 aliphatic carbocycles. The Kier molecular flexibility index (Phi) is 42.2. The van der Waals surface area contributed by atoms with E-state index in [0.717, 1.165) is 64.2 Å². The van der Waals surface area contributed by atoms with Gasteiger partial charge in [0, 0.05) is 6.42 Å². The molecule has 0 aromatic carbocycles. The first kappa shape index (κ1) is 74.5. The molecule has 17 atom stereocenters. The average molecular weight is 1180 g/mol. The van der Waals surface area contributed by atoms with Crippen molar-refractivity contribution in [3.05, 3.63) is 24.3 Å². The third kappa shape index (κ3) is 29.3. The third-order valence-electron chi connectivity index (χ3n) is 16.5. The molecule has 3 heterocycles. The van der Waals surface area contributed by atoms with Crippen LogP contribution in [-0.2, 0) is 33.2 Å². The van der Waals surface area contributed by atoms with E-state index in [1.807, 2.05) is 6.08 Å². The highest BCUT2D eigenvalue weighted by molar-refractivity contribution is 5.76. The number of ether oxygens (including phenoxy) is 6. The predicted molar refractivity (Wildman–Crippen MR) is 314 cm³/mol. The minimum Gasteiger partial charge on any atom is -0.394 e. The van der Waals surface area contributed by atoms with Crippen LogP contribution >= 0.6 is 0 Å². The first-order valence-electron chi connectivity index (χ1n) is 32.6. The molecule has 0 spiro atoms. The molecule has 482 valence electrons. The fourth-order valence-corrected chi connectivity index (χ4v) is 11.1. The van der Waals surface area contributed by atoms with Crippen LogP contribution in [-0.4, -0.2) is 193 Å². The minimum absolute atomic E-state index is 0.235. The number of carbonyl (C=O) groups is 1. The highest BCUT2D eigenvalue weighted by Gasteiger charge is 2.53. The summed E-state index contributed by atoms with van der Waals surface area (Å²) in [5.41, 5.74) is 0. The summed E-state index contributed by atoms with van der Waals surface area (Å²) in [6.45, 7) is 1.72. The monoisotopic (exact) mass is 1180 g/mol. The molecule has 82 heavy (non-hydrogen) atoms. The topological polar surface area (TPSA) is 307 Å². The molecule has 0 aromatic heterocycles. The van der Waals surface area contributed by atoms with Crippen LogP contribution in [0.2, 0.25) is 0 Å². The summed E-state index contributed by atoms with van der Waals surface area (Å²) in [6.07, 6.45) is 23.0. The fraction of sp³-hybridized carbons (Fsp3) is 0.921. The van der Waals surface area contributed by atoms with Gasteiger partial charge in [-0.3, -0.25) is 4.79 Å². The van der Waals surface area contributed by atoms with Crippen molar-refractivity contribution in [1.29, 1.82) is 0 Å². The van der Waals surface area contributed by atoms with Crippen molar-refractivity contribution in [3.8, 4) is 0 Å². The molecule has 3 saturated heterocycles. The van der Waals surface area contributed by atoms with E-state index < -0.39 is 124 Å². The Balaban J connectivity index is 1.47. The predicted octanol–water partition coefficient (Wildman–Crippen LogP) is 7.10. The molecular formula is C63H117NO18. The molecule has 0 radical (unpaired) electrons. The lowest BCUT2D eigenvalue weighted by atomic mass is 9.96. The van der Waals surface area contributed by atoms with Crippen molar-refractivity contribution in [3.63, 3.8) is 0 Å². The standard InChI is InChI=1S/C63H117NO18/c1-3-5-7-9-11-13-15-17-19-20-21-22-23-24-25-26-27-28-30-32-34-36-38-40-47(68)46(64-51(69)41-39-37-35-33-31-29-18-16-14-12-10-8-6-4-2)45-77-61-57(75)54(72)59(49(43-66)79-61)82-63-58(76)55(73)60(50(44-67)80-63)81-62-56(74)53(71)52(70)48(42-65)78-62/h16,18,38,40,46-50,52-63,65-68,70-76H,3-15,17,19-37,39,41-45H2,1-2H3,(H,64,69)/b18-16-,40-38+. The maximum Gasteiger partial charge on any atom is 0.220 e. The molecule has 1 amide bonds. The number of aliphatic hydroxyl groups is 11. The number of amides is 1. The number of nitrogens with one attached hydrogen (secondary N) is 1. The van der Waals surface area contributed by atoms with Crippen molar-refractivity contribution < 1.29 is 89.4 Å². The summed E-state index contributed by atoms with van der Waals surface area (Å²) in [5.74, 6) is -0.283. The summed E-state index contributed by atoms with van der Waals surface area (Å²) < 4.78 is 34.3. The van der Waals surface area contributed by atoms with Gasteiger partial charge >= 0.3 is 0 Å². The zero-order valence-electron chi connectivity index (χ0n) is 50.5. The summed E-state index contributed by atoms with van der Waals surface area (Å²) in [7, 11) is 0. The maximum absolute atomic E-state index is 13.3. The van der Waals surface area contributed by atoms with E-state index in [4.69, 9.17) is 28.4 Å². The molecule has 3 fully saturated rings. The van der Waals surface area contributed by atoms with Crippen molar-refractivity contribution in [2.45, 2.75) is 343 Å². The number of hydrogen-bond acceptors (Lipinski definition) is 18. The lowest BCUT2D eigenvalue weighted by molar-refractivity contribution is -0.379. The van der Waals surface area contributed by atoms with E-state index in [9.17, 15) is 61.0 Å². The molecule has 12 N–H and O–H groups in total. The first-order valence-corrected chi connectivity index (χ1v) is 32.6. The van der Waals surface area contributed by atoms with Crippen molar-refractivity contribution in [2.75, 3.05) is 26.4 Å². The molecule has 19 heteroatoms. The van der Waals surface area contributed by atoms with Crippen LogP contribution in [0.3, 0.4) is 0 Å². The van der Waals surface area contributed by atoms with Crippen LogP contribution in [0.15, 0.2) is 24.3 Å². The van der Waals surface area contributed by atoms with Crippen LogP contribution in [0, 0.1) is 0 Å². The smallest absolute Gasteiger partial charge is 0.220 e. The number of allylic oxidation sites excluding steroid dienone is 3. The molecule has 0 saturated carbocycles. The number of hydrogen-bond donors (Lipinski definition) is 12. The Hall–Kier alpha value is -1.73. The molecule has 0 bridgehead atoms. The summed E-state index contributed by atoms with van der Waals surface area (Å²) in [6, 6.07) is -0.975. The Morgan fingerprint density at radius 1 is 0.427 bits per heavy atom. The second-order valence-corrected chi connectivity index (χ2v) is 23.6. The van der Waals surface area contributed by atoms with Gasteiger partial charge in [0.05, 0.1) is 38.6 Å². The van der Waals surface area contributed by atoms with Gasteiger partial charge < -0.3 is 89.9 Å². The Morgan fingerprint density at radius 2 is 0.768 bits per heavy atom. The number of rotatable bonds is 49. The average Bonchev–Trinajstić information content (AvgIpc) is 3.21. The van der Waals surface area contributed by atoms with E-state index in [1.54, 1.807) is 6.08 Å². The highest BCUT2D eigenvalue weighted by atomic mass is 16.8. The lowest BCUT2D eigenvalue weighted by Crippen LogP contribution is -2.66. The van der Waals surface area contributed by atoms with Gasteiger partial charge in [-0.1, -0.05) is 212 Å². The molecular weight excluding hydrogens is 1060 g/mol. The summed E-state index contributed by atoms with van der Waals surface area (Å²) in [4.78, 5) is 13.3. The van der Waals surface area contributed by atoms with Crippen LogP contribution in [0.1, 0.15) is 239 Å². The van der Waals surface area contributed by atoms with Crippen LogP contribution in [0.5, 0.6) is 0 Å². The highest BCUT2D eigenvalue weighted by Crippen LogP contribution is 2.33. The number of carbonyl (C=O) groups excluding carboxylic acids is 1. The fourth-order valence-electron chi connectivity index (χ4n) is 11.1. The van der Waals surface area contributed by atoms with Crippen molar-refractivity contribution in [2.24, 2.45) is 0 Å². The van der Waals surface area contributed by atoms with Crippen LogP contribution < -0.4 is 5.32 Å². The number of unbranched alkanes of at least 4 members (excludes halogenated alkanes) is 31. The lowest BCUT2D eigenvalue weighted by Gasteiger charge is -2.48. The van der Waals surface area contributed by atoms with Gasteiger partial charge in [-0.05, 0) is 44.9 Å². The van der Waals surface area contributed by atoms with Crippen LogP contribution in [0.4, 0.5) is 0 Å². The second-order valence-electron chi connectivity index (χ2n) is 23.6. The Morgan fingerprint density at radius 3 is 1.18 bits per heavy atom. The van der Waals surface area contributed by atoms with Gasteiger partial charge in [-0.25, -0.2) is 0 Å². The Labute approximate surface area is 492 Å². The third-order valence-corrected chi connectivity index (χ3v) is 16.5. The van der Waals surface area contributed by atoms with Gasteiger partial charge in [0.1, 0.15) is 73.2 Å². The summed E-state index contributed by atoms with van der Waals surface area (Å²) >= 11 is 0. The van der Waals surface area contributed by atoms with Gasteiger partial charge in [0.25, 0.3) is 0 Å². The van der Waals surface area contributed by atoms with Gasteiger partial charge in [-0.2, -0.15) is 0 Å². The minimum atomic E-state index is -1.98. The molecule has 3 aliphatic heterocycles. The molecule has 3 aliphatic rings. The van der Waals surface area contributed by atoms with E-state index in [2.05, 4.69) is 31.3 Å². The first-order chi connectivity index (χ1) is 39.8. The van der Waals surface area contributed by atoms with Crippen molar-refractivity contribution in [1.82, 2.24) is 5.32 Å². The largest absolute Gasteiger partial charge is 0.394 e. The zero-order chi connectivity index (χ0) is 59.7. The van der Waals surface area contributed by atoms with E-state index in [-0.39, 0.29) is 18.9 Å². The normalized spacial score (nSPS) is 29.7. The zero-order valence-corrected chi connectivity index (χ0v) is 50.5. The van der Waals surface area contributed by atoms with Gasteiger partial charge in [-0.15, -0.1) is 0 Å². The van der Waals surface area contributed by atoms with E-state index in [0.29, 0.717) is 6.42 Å². The molecule has 19 nitrogen and oxygen atoms in total. The number of aliphatic hydroxyl groups excluding tert-OH is 11. The maximum atomic E-state index is 13.3. The molecule has 17 unspecified atom stereocenters. The Bertz CT molecular complexity index is 1590. The molecule has 0 aromatic rings. The summed E-state index contributed by atoms with van der Waals surface area (Å²) in [5, 5.41) is 120. The molecule has 3 rings (SSSR count). The van der Waals surface area contributed by atoms with E-state index >= 15 is 0 Å². The second kappa shape index (κ2) is 46.4. The van der Waals surface area contributed by atoms with Gasteiger partial charge in [0.15, 0.2) is 18.9 Å².